The number of esters is 3. The smallest absolute Gasteiger partial charge is 0.306 e. The van der Waals surface area contributed by atoms with Crippen LogP contribution in [0.15, 0.2) is 122 Å². The van der Waals surface area contributed by atoms with Gasteiger partial charge in [0, 0.05) is 19.3 Å². The fraction of sp³-hybridized carbons (Fsp3) is 0.689. The highest BCUT2D eigenvalue weighted by Gasteiger charge is 2.19. The fourth-order valence-corrected chi connectivity index (χ4v) is 9.20. The summed E-state index contributed by atoms with van der Waals surface area (Å²) in [4.78, 5) is 38.3. The van der Waals surface area contributed by atoms with Crippen LogP contribution in [-0.2, 0) is 28.6 Å². The monoisotopic (exact) mass is 1110 g/mol. The first-order valence-electron chi connectivity index (χ1n) is 33.5. The largest absolute Gasteiger partial charge is 0.462 e. The lowest BCUT2D eigenvalue weighted by Crippen LogP contribution is -2.30. The zero-order valence-electron chi connectivity index (χ0n) is 52.3. The highest BCUT2D eigenvalue weighted by atomic mass is 16.6. The first-order chi connectivity index (χ1) is 39.5. The number of hydrogen-bond donors (Lipinski definition) is 0. The Morgan fingerprint density at radius 3 is 0.762 bits per heavy atom. The van der Waals surface area contributed by atoms with Crippen LogP contribution in [-0.4, -0.2) is 37.2 Å². The maximum atomic E-state index is 12.9. The van der Waals surface area contributed by atoms with Crippen molar-refractivity contribution >= 4 is 17.9 Å². The second-order valence-electron chi connectivity index (χ2n) is 22.0. The van der Waals surface area contributed by atoms with Gasteiger partial charge >= 0.3 is 17.9 Å². The molecule has 0 saturated carbocycles. The molecule has 0 spiro atoms. The molecule has 6 nitrogen and oxygen atoms in total. The van der Waals surface area contributed by atoms with E-state index in [0.717, 1.165) is 135 Å². The van der Waals surface area contributed by atoms with E-state index < -0.39 is 6.10 Å². The Labute approximate surface area is 494 Å². The van der Waals surface area contributed by atoms with E-state index in [-0.39, 0.29) is 31.1 Å². The van der Waals surface area contributed by atoms with Gasteiger partial charge in [-0.2, -0.15) is 0 Å². The Hall–Kier alpha value is -4.19. The van der Waals surface area contributed by atoms with E-state index >= 15 is 0 Å². The maximum Gasteiger partial charge on any atom is 0.306 e. The van der Waals surface area contributed by atoms with Crippen molar-refractivity contribution in [1.82, 2.24) is 0 Å². The number of hydrogen-bond acceptors (Lipinski definition) is 6. The molecule has 0 aliphatic rings. The van der Waals surface area contributed by atoms with Gasteiger partial charge in [0.2, 0.25) is 0 Å². The highest BCUT2D eigenvalue weighted by Crippen LogP contribution is 2.16. The molecule has 456 valence electrons. The van der Waals surface area contributed by atoms with Crippen molar-refractivity contribution in [3.63, 3.8) is 0 Å². The van der Waals surface area contributed by atoms with Gasteiger partial charge in [0.05, 0.1) is 0 Å². The number of allylic oxidation sites excluding steroid dienone is 20. The molecule has 0 aliphatic carbocycles. The number of carbonyl (C=O) groups is 3. The molecule has 0 aliphatic heterocycles. The summed E-state index contributed by atoms with van der Waals surface area (Å²) in [7, 11) is 0. The Bertz CT molecular complexity index is 1650. The van der Waals surface area contributed by atoms with Crippen LogP contribution in [0.4, 0.5) is 0 Å². The predicted molar refractivity (Wildman–Crippen MR) is 348 cm³/mol. The minimum Gasteiger partial charge on any atom is -0.462 e. The molecular weight excluding hydrogens is 985 g/mol. The number of carbonyl (C=O) groups excluding carboxylic acids is 3. The van der Waals surface area contributed by atoms with E-state index in [0.29, 0.717) is 19.3 Å². The van der Waals surface area contributed by atoms with Gasteiger partial charge in [-0.05, 0) is 116 Å². The molecule has 80 heavy (non-hydrogen) atoms. The van der Waals surface area contributed by atoms with E-state index in [1.807, 2.05) is 0 Å². The summed E-state index contributed by atoms with van der Waals surface area (Å²) < 4.78 is 16.9. The van der Waals surface area contributed by atoms with E-state index in [2.05, 4.69) is 142 Å². The number of rotatable bonds is 60. The molecule has 0 N–H and O–H groups in total. The van der Waals surface area contributed by atoms with E-state index in [9.17, 15) is 14.4 Å². The minimum atomic E-state index is -0.789. The van der Waals surface area contributed by atoms with Crippen molar-refractivity contribution in [3.05, 3.63) is 122 Å². The van der Waals surface area contributed by atoms with Crippen LogP contribution >= 0.6 is 0 Å². The Morgan fingerprint density at radius 2 is 0.487 bits per heavy atom. The number of unbranched alkanes of at least 4 members (excludes halogenated alkanes) is 29. The van der Waals surface area contributed by atoms with Crippen molar-refractivity contribution in [2.75, 3.05) is 13.2 Å². The molecule has 0 saturated heterocycles. The normalized spacial score (nSPS) is 12.9. The van der Waals surface area contributed by atoms with Gasteiger partial charge in [0.15, 0.2) is 6.10 Å². The first-order valence-corrected chi connectivity index (χ1v) is 33.5. The summed E-state index contributed by atoms with van der Waals surface area (Å²) in [6.45, 7) is 6.50. The summed E-state index contributed by atoms with van der Waals surface area (Å²) in [5.74, 6) is -0.898. The van der Waals surface area contributed by atoms with Gasteiger partial charge in [-0.1, -0.05) is 296 Å². The molecule has 0 amide bonds. The third-order valence-corrected chi connectivity index (χ3v) is 14.2. The summed E-state index contributed by atoms with van der Waals surface area (Å²) in [5.41, 5.74) is 0. The topological polar surface area (TPSA) is 78.9 Å². The third-order valence-electron chi connectivity index (χ3n) is 14.2. The molecule has 0 rings (SSSR count). The van der Waals surface area contributed by atoms with Crippen LogP contribution in [0.3, 0.4) is 0 Å². The average Bonchev–Trinajstić information content (AvgIpc) is 3.46. The van der Waals surface area contributed by atoms with Gasteiger partial charge in [0.1, 0.15) is 13.2 Å². The molecule has 0 aromatic heterocycles. The zero-order chi connectivity index (χ0) is 57.8. The van der Waals surface area contributed by atoms with Crippen molar-refractivity contribution < 1.29 is 28.6 Å². The molecule has 0 bridgehead atoms. The lowest BCUT2D eigenvalue weighted by Gasteiger charge is -2.18. The predicted octanol–water partition coefficient (Wildman–Crippen LogP) is 23.2. The van der Waals surface area contributed by atoms with Crippen molar-refractivity contribution in [2.24, 2.45) is 0 Å². The summed E-state index contributed by atoms with van der Waals surface area (Å²) in [6, 6.07) is 0. The van der Waals surface area contributed by atoms with Gasteiger partial charge in [-0.25, -0.2) is 0 Å². The standard InChI is InChI=1S/C74H124O6/c1-4-7-10-13-16-19-22-24-26-28-30-32-33-34-35-36-37-38-39-40-41-43-44-46-48-50-52-55-58-61-64-67-73(76)79-70-71(69-78-72(75)66-63-60-57-54-21-18-15-12-9-6-3)80-74(77)68-65-62-59-56-53-51-49-47-45-42-31-29-27-25-23-20-17-14-11-8-5-2/h7,10,16,19,23-26,29-32,34-35,37-38,40-41,45,47,71H,4-6,8-9,11-15,17-18,20-22,27-28,33,36,39,42-44,46,48-70H2,1-3H3/b10-7-,19-16-,25-23-,26-24-,31-29-,32-30-,35-34-,38-37-,41-40-,47-45-. The summed E-state index contributed by atoms with van der Waals surface area (Å²) in [5, 5.41) is 0. The van der Waals surface area contributed by atoms with Crippen LogP contribution < -0.4 is 0 Å². The molecule has 0 fully saturated rings. The lowest BCUT2D eigenvalue weighted by molar-refractivity contribution is -0.167. The third kappa shape index (κ3) is 64.6. The van der Waals surface area contributed by atoms with Crippen LogP contribution in [0.5, 0.6) is 0 Å². The zero-order valence-corrected chi connectivity index (χ0v) is 52.3. The van der Waals surface area contributed by atoms with Gasteiger partial charge in [0.25, 0.3) is 0 Å². The van der Waals surface area contributed by atoms with Gasteiger partial charge < -0.3 is 14.2 Å². The minimum absolute atomic E-state index is 0.0846. The molecule has 1 unspecified atom stereocenters. The second-order valence-corrected chi connectivity index (χ2v) is 22.0. The fourth-order valence-electron chi connectivity index (χ4n) is 9.20. The maximum absolute atomic E-state index is 12.9. The van der Waals surface area contributed by atoms with Gasteiger partial charge in [-0.15, -0.1) is 0 Å². The Balaban J connectivity index is 4.27. The molecule has 1 atom stereocenters. The Morgan fingerprint density at radius 1 is 0.263 bits per heavy atom. The quantitative estimate of drug-likeness (QED) is 0.0261. The van der Waals surface area contributed by atoms with Crippen molar-refractivity contribution in [3.8, 4) is 0 Å². The SMILES string of the molecule is CC/C=C\C/C=C\C/C=C\C/C=C\C/C=C\C/C=C\C/C=C\CCCCCCCCCCCC(=O)OCC(COC(=O)CCCCCCCCCCCC)OC(=O)CCCCCCCC/C=C\C/C=C\C/C=C\CCCCCCC. The first kappa shape index (κ1) is 75.8. The molecule has 6 heteroatoms. The number of ether oxygens (including phenoxy) is 3. The Kier molecular flexibility index (Phi) is 63.8. The summed E-state index contributed by atoms with van der Waals surface area (Å²) in [6.07, 6.45) is 93.6. The molecule has 0 radical (unpaired) electrons. The van der Waals surface area contributed by atoms with E-state index in [1.54, 1.807) is 0 Å². The molecule has 0 aromatic rings. The van der Waals surface area contributed by atoms with Crippen LogP contribution in [0.25, 0.3) is 0 Å². The lowest BCUT2D eigenvalue weighted by atomic mass is 10.1. The highest BCUT2D eigenvalue weighted by molar-refractivity contribution is 5.71. The van der Waals surface area contributed by atoms with Crippen LogP contribution in [0, 0.1) is 0 Å². The summed E-state index contributed by atoms with van der Waals surface area (Å²) >= 11 is 0. The molecule has 0 aromatic carbocycles. The van der Waals surface area contributed by atoms with Crippen LogP contribution in [0.2, 0.25) is 0 Å². The molecular formula is C74H124O6. The average molecular weight is 1110 g/mol. The van der Waals surface area contributed by atoms with E-state index in [4.69, 9.17) is 14.2 Å². The van der Waals surface area contributed by atoms with Gasteiger partial charge in [-0.3, -0.25) is 14.4 Å². The second kappa shape index (κ2) is 67.3. The molecule has 0 heterocycles. The van der Waals surface area contributed by atoms with E-state index in [1.165, 1.54) is 135 Å². The van der Waals surface area contributed by atoms with Crippen molar-refractivity contribution in [2.45, 2.75) is 316 Å². The van der Waals surface area contributed by atoms with Crippen molar-refractivity contribution in [1.29, 1.82) is 0 Å². The van der Waals surface area contributed by atoms with Crippen LogP contribution in [0.1, 0.15) is 310 Å².